The Morgan fingerprint density at radius 1 is 1.40 bits per heavy atom. The molecule has 1 saturated heterocycles. The van der Waals surface area contributed by atoms with Crippen molar-refractivity contribution in [2.75, 3.05) is 19.0 Å². The summed E-state index contributed by atoms with van der Waals surface area (Å²) < 4.78 is 12.6. The molecule has 0 radical (unpaired) electrons. The number of rotatable bonds is 7. The highest BCUT2D eigenvalue weighted by Gasteiger charge is 2.17. The van der Waals surface area contributed by atoms with E-state index in [0.717, 1.165) is 48.7 Å². The van der Waals surface area contributed by atoms with E-state index in [4.69, 9.17) is 9.47 Å². The third-order valence-electron chi connectivity index (χ3n) is 4.38. The molecule has 1 aliphatic heterocycles. The Morgan fingerprint density at radius 3 is 2.88 bits per heavy atom. The highest BCUT2D eigenvalue weighted by molar-refractivity contribution is 5.89. The summed E-state index contributed by atoms with van der Waals surface area (Å²) in [6.07, 6.45) is 3.63. The number of ether oxygens (including phenoxy) is 2. The molecule has 1 fully saturated rings. The van der Waals surface area contributed by atoms with Gasteiger partial charge in [-0.05, 0) is 43.9 Å². The first kappa shape index (κ1) is 17.5. The number of aromatic nitrogens is 2. The van der Waals surface area contributed by atoms with Gasteiger partial charge >= 0.3 is 0 Å². The molecule has 0 aliphatic carbocycles. The molecule has 0 unspecified atom stereocenters. The fourth-order valence-corrected chi connectivity index (χ4v) is 3.04. The summed E-state index contributed by atoms with van der Waals surface area (Å²) >= 11 is 0. The minimum absolute atomic E-state index is 0.00591. The zero-order valence-electron chi connectivity index (χ0n) is 14.8. The molecular formula is C19H25N3O3. The molecule has 1 aromatic carbocycles. The van der Waals surface area contributed by atoms with E-state index >= 15 is 0 Å². The Morgan fingerprint density at radius 2 is 2.20 bits per heavy atom. The van der Waals surface area contributed by atoms with Gasteiger partial charge in [-0.25, -0.2) is 4.68 Å². The van der Waals surface area contributed by atoms with Crippen LogP contribution in [0.15, 0.2) is 30.3 Å². The molecule has 6 nitrogen and oxygen atoms in total. The second-order valence-corrected chi connectivity index (χ2v) is 6.40. The summed E-state index contributed by atoms with van der Waals surface area (Å²) in [6.45, 7) is 3.34. The predicted octanol–water partition coefficient (Wildman–Crippen LogP) is 3.15. The molecule has 2 aromatic rings. The summed E-state index contributed by atoms with van der Waals surface area (Å²) in [6, 6.07) is 9.74. The van der Waals surface area contributed by atoms with Crippen molar-refractivity contribution in [2.24, 2.45) is 0 Å². The van der Waals surface area contributed by atoms with E-state index in [1.54, 1.807) is 7.11 Å². The molecule has 0 bridgehead atoms. The second kappa shape index (κ2) is 8.16. The lowest BCUT2D eigenvalue weighted by Crippen LogP contribution is -2.18. The molecule has 6 heteroatoms. The third-order valence-corrected chi connectivity index (χ3v) is 4.38. The number of hydrogen-bond acceptors (Lipinski definition) is 4. The van der Waals surface area contributed by atoms with Gasteiger partial charge < -0.3 is 14.8 Å². The number of carbonyl (C=O) groups excluding carboxylic acids is 1. The summed E-state index contributed by atoms with van der Waals surface area (Å²) in [5, 5.41) is 7.46. The first-order valence-corrected chi connectivity index (χ1v) is 8.73. The zero-order chi connectivity index (χ0) is 17.6. The molecule has 2 heterocycles. The molecule has 1 N–H and O–H groups in total. The standard InChI is InChI=1S/C19H25N3O3/c1-14-12-18(20-19(23)10-9-17-4-3-11-25-17)22(21-14)13-15-5-7-16(24-2)8-6-15/h5-8,12,17H,3-4,9-11,13H2,1-2H3,(H,20,23)/t17-/m1/s1. The Bertz CT molecular complexity index is 703. The van der Waals surface area contributed by atoms with E-state index in [2.05, 4.69) is 10.4 Å². The van der Waals surface area contributed by atoms with Crippen molar-refractivity contribution in [1.82, 2.24) is 9.78 Å². The lowest BCUT2D eigenvalue weighted by Gasteiger charge is -2.11. The molecular weight excluding hydrogens is 318 g/mol. The number of methoxy groups -OCH3 is 1. The van der Waals surface area contributed by atoms with Gasteiger partial charge in [0.25, 0.3) is 0 Å². The van der Waals surface area contributed by atoms with Crippen molar-refractivity contribution in [2.45, 2.75) is 45.3 Å². The summed E-state index contributed by atoms with van der Waals surface area (Å²) in [7, 11) is 1.65. The highest BCUT2D eigenvalue weighted by atomic mass is 16.5. The van der Waals surface area contributed by atoms with Crippen molar-refractivity contribution in [3.63, 3.8) is 0 Å². The van der Waals surface area contributed by atoms with Crippen LogP contribution < -0.4 is 10.1 Å². The number of carbonyl (C=O) groups is 1. The lowest BCUT2D eigenvalue weighted by atomic mass is 10.1. The van der Waals surface area contributed by atoms with Crippen LogP contribution in [-0.2, 0) is 16.1 Å². The summed E-state index contributed by atoms with van der Waals surface area (Å²) in [4.78, 5) is 12.2. The van der Waals surface area contributed by atoms with E-state index in [1.807, 2.05) is 41.9 Å². The van der Waals surface area contributed by atoms with Gasteiger partial charge in [0.05, 0.1) is 25.5 Å². The van der Waals surface area contributed by atoms with Crippen molar-refractivity contribution < 1.29 is 14.3 Å². The molecule has 1 aromatic heterocycles. The minimum Gasteiger partial charge on any atom is -0.497 e. The first-order chi connectivity index (χ1) is 12.1. The number of aryl methyl sites for hydroxylation is 1. The Hall–Kier alpha value is -2.34. The molecule has 1 atom stereocenters. The first-order valence-electron chi connectivity index (χ1n) is 8.73. The van der Waals surface area contributed by atoms with Crippen LogP contribution in [0.3, 0.4) is 0 Å². The van der Waals surface area contributed by atoms with Crippen molar-refractivity contribution >= 4 is 11.7 Å². The Balaban J connectivity index is 1.60. The Kier molecular flexibility index (Phi) is 5.71. The van der Waals surface area contributed by atoms with Gasteiger partial charge in [0.2, 0.25) is 5.91 Å². The van der Waals surface area contributed by atoms with E-state index in [-0.39, 0.29) is 12.0 Å². The summed E-state index contributed by atoms with van der Waals surface area (Å²) in [5.74, 6) is 1.56. The number of nitrogens with one attached hydrogen (secondary N) is 1. The molecule has 25 heavy (non-hydrogen) atoms. The molecule has 134 valence electrons. The molecule has 0 saturated carbocycles. The maximum absolute atomic E-state index is 12.2. The van der Waals surface area contributed by atoms with Gasteiger partial charge in [0.1, 0.15) is 11.6 Å². The van der Waals surface area contributed by atoms with Crippen LogP contribution in [0.1, 0.15) is 36.9 Å². The van der Waals surface area contributed by atoms with Gasteiger partial charge in [0.15, 0.2) is 0 Å². The quantitative estimate of drug-likeness (QED) is 0.839. The molecule has 1 amide bonds. The normalized spacial score (nSPS) is 16.8. The highest BCUT2D eigenvalue weighted by Crippen LogP contribution is 2.19. The fourth-order valence-electron chi connectivity index (χ4n) is 3.04. The van der Waals surface area contributed by atoms with Crippen LogP contribution in [-0.4, -0.2) is 35.5 Å². The average molecular weight is 343 g/mol. The van der Waals surface area contributed by atoms with Crippen LogP contribution in [0, 0.1) is 6.92 Å². The largest absolute Gasteiger partial charge is 0.497 e. The third kappa shape index (κ3) is 4.82. The van der Waals surface area contributed by atoms with E-state index in [1.165, 1.54) is 0 Å². The molecule has 0 spiro atoms. The lowest BCUT2D eigenvalue weighted by molar-refractivity contribution is -0.116. The number of hydrogen-bond donors (Lipinski definition) is 1. The average Bonchev–Trinajstić information content (AvgIpc) is 3.24. The van der Waals surface area contributed by atoms with Crippen LogP contribution in [0.4, 0.5) is 5.82 Å². The van der Waals surface area contributed by atoms with Gasteiger partial charge in [-0.2, -0.15) is 5.10 Å². The van der Waals surface area contributed by atoms with Crippen LogP contribution in [0.2, 0.25) is 0 Å². The monoisotopic (exact) mass is 343 g/mol. The van der Waals surface area contributed by atoms with Crippen LogP contribution in [0.5, 0.6) is 5.75 Å². The molecule has 3 rings (SSSR count). The SMILES string of the molecule is COc1ccc(Cn2nc(C)cc2NC(=O)CC[C@H]2CCCO2)cc1. The van der Waals surface area contributed by atoms with E-state index in [0.29, 0.717) is 13.0 Å². The summed E-state index contributed by atoms with van der Waals surface area (Å²) in [5.41, 5.74) is 1.97. The fraction of sp³-hybridized carbons (Fsp3) is 0.474. The number of amides is 1. The number of benzene rings is 1. The second-order valence-electron chi connectivity index (χ2n) is 6.40. The van der Waals surface area contributed by atoms with Crippen molar-refractivity contribution in [3.8, 4) is 5.75 Å². The van der Waals surface area contributed by atoms with Gasteiger partial charge in [-0.1, -0.05) is 12.1 Å². The van der Waals surface area contributed by atoms with Crippen LogP contribution >= 0.6 is 0 Å². The Labute approximate surface area is 148 Å². The van der Waals surface area contributed by atoms with E-state index < -0.39 is 0 Å². The van der Waals surface area contributed by atoms with Crippen molar-refractivity contribution in [3.05, 3.63) is 41.6 Å². The predicted molar refractivity (Wildman–Crippen MR) is 95.9 cm³/mol. The van der Waals surface area contributed by atoms with Crippen molar-refractivity contribution in [1.29, 1.82) is 0 Å². The van der Waals surface area contributed by atoms with Crippen LogP contribution in [0.25, 0.3) is 0 Å². The van der Waals surface area contributed by atoms with E-state index in [9.17, 15) is 4.79 Å². The maximum atomic E-state index is 12.2. The number of anilines is 1. The molecule has 1 aliphatic rings. The van der Waals surface area contributed by atoms with Gasteiger partial charge in [0, 0.05) is 19.1 Å². The number of nitrogens with zero attached hydrogens (tertiary/aromatic N) is 2. The topological polar surface area (TPSA) is 65.4 Å². The maximum Gasteiger partial charge on any atom is 0.225 e. The smallest absolute Gasteiger partial charge is 0.225 e. The van der Waals surface area contributed by atoms with Gasteiger partial charge in [-0.15, -0.1) is 0 Å². The minimum atomic E-state index is 0.00591. The zero-order valence-corrected chi connectivity index (χ0v) is 14.8. The van der Waals surface area contributed by atoms with Gasteiger partial charge in [-0.3, -0.25) is 4.79 Å².